The number of rotatable bonds is 5. The first kappa shape index (κ1) is 18.5. The van der Waals surface area contributed by atoms with Crippen molar-refractivity contribution in [3.8, 4) is 16.9 Å². The summed E-state index contributed by atoms with van der Waals surface area (Å²) in [5.74, 6) is -2.96. The maximum absolute atomic E-state index is 13.9. The molecule has 0 aliphatic rings. The van der Waals surface area contributed by atoms with Gasteiger partial charge in [-0.05, 0) is 42.3 Å². The van der Waals surface area contributed by atoms with Gasteiger partial charge in [-0.3, -0.25) is 0 Å². The van der Waals surface area contributed by atoms with Crippen molar-refractivity contribution in [2.45, 2.75) is 4.21 Å². The van der Waals surface area contributed by atoms with E-state index in [9.17, 15) is 18.7 Å². The molecule has 0 aliphatic heterocycles. The molecular weight excluding hydrogens is 404 g/mol. The Hall–Kier alpha value is -2.29. The van der Waals surface area contributed by atoms with Crippen LogP contribution in [0.5, 0.6) is 5.75 Å². The van der Waals surface area contributed by atoms with E-state index >= 15 is 0 Å². The van der Waals surface area contributed by atoms with Crippen molar-refractivity contribution in [3.63, 3.8) is 0 Å². The minimum absolute atomic E-state index is 0.197. The number of benzene rings is 2. The van der Waals surface area contributed by atoms with Gasteiger partial charge in [-0.25, -0.2) is 13.6 Å². The Morgan fingerprint density at radius 3 is 2.54 bits per heavy atom. The van der Waals surface area contributed by atoms with Crippen LogP contribution in [-0.4, -0.2) is 16.2 Å². The van der Waals surface area contributed by atoms with Gasteiger partial charge in [0.2, 0.25) is 0 Å². The summed E-state index contributed by atoms with van der Waals surface area (Å²) in [5.41, 5.74) is 0.927. The molecule has 0 amide bonds. The zero-order valence-electron chi connectivity index (χ0n) is 12.8. The number of halogens is 3. The molecule has 0 spiro atoms. The monoisotopic (exact) mass is 413 g/mol. The minimum atomic E-state index is -1.22. The highest BCUT2D eigenvalue weighted by atomic mass is 35.5. The SMILES string of the molecule is O=C(O)c1ccc(NSc2cc(-c3ccc(F)cc3F)c(Cl)s2)cc1O. The third-order valence-electron chi connectivity index (χ3n) is 3.38. The Kier molecular flexibility index (Phi) is 5.36. The van der Waals surface area contributed by atoms with Crippen molar-refractivity contribution in [1.29, 1.82) is 0 Å². The average Bonchev–Trinajstić information content (AvgIpc) is 2.93. The third kappa shape index (κ3) is 3.92. The van der Waals surface area contributed by atoms with Crippen LogP contribution in [0.4, 0.5) is 14.5 Å². The molecule has 9 heteroatoms. The summed E-state index contributed by atoms with van der Waals surface area (Å²) < 4.78 is 31.0. The summed E-state index contributed by atoms with van der Waals surface area (Å²) in [5, 5.41) is 18.6. The lowest BCUT2D eigenvalue weighted by Gasteiger charge is -2.06. The van der Waals surface area contributed by atoms with Gasteiger partial charge in [0.1, 0.15) is 27.3 Å². The fraction of sp³-hybridized carbons (Fsp3) is 0. The van der Waals surface area contributed by atoms with E-state index in [2.05, 4.69) is 4.72 Å². The second-order valence-electron chi connectivity index (χ2n) is 5.12. The first-order valence-electron chi connectivity index (χ1n) is 7.09. The molecule has 3 rings (SSSR count). The highest BCUT2D eigenvalue weighted by molar-refractivity contribution is 8.02. The molecule has 0 aliphatic carbocycles. The molecule has 3 aromatic rings. The predicted octanol–water partition coefficient (Wildman–Crippen LogP) is 5.87. The van der Waals surface area contributed by atoms with Crippen LogP contribution < -0.4 is 4.72 Å². The van der Waals surface area contributed by atoms with Crippen molar-refractivity contribution >= 4 is 46.5 Å². The molecule has 3 N–H and O–H groups in total. The van der Waals surface area contributed by atoms with Crippen LogP contribution >= 0.6 is 34.9 Å². The van der Waals surface area contributed by atoms with Crippen LogP contribution in [0.25, 0.3) is 11.1 Å². The maximum atomic E-state index is 13.9. The maximum Gasteiger partial charge on any atom is 0.339 e. The summed E-state index contributed by atoms with van der Waals surface area (Å²) in [6.45, 7) is 0. The number of aromatic hydroxyl groups is 1. The zero-order valence-corrected chi connectivity index (χ0v) is 15.2. The summed E-state index contributed by atoms with van der Waals surface area (Å²) in [6.07, 6.45) is 0. The van der Waals surface area contributed by atoms with Crippen LogP contribution in [0, 0.1) is 11.6 Å². The van der Waals surface area contributed by atoms with Gasteiger partial charge in [-0.15, -0.1) is 11.3 Å². The van der Waals surface area contributed by atoms with Crippen LogP contribution in [-0.2, 0) is 0 Å². The molecule has 2 aromatic carbocycles. The number of anilines is 1. The molecule has 134 valence electrons. The molecule has 0 saturated carbocycles. The summed E-state index contributed by atoms with van der Waals surface area (Å²) >= 11 is 8.53. The minimum Gasteiger partial charge on any atom is -0.507 e. The molecule has 0 bridgehead atoms. The second kappa shape index (κ2) is 7.53. The normalized spacial score (nSPS) is 10.7. The van der Waals surface area contributed by atoms with Crippen LogP contribution in [0.3, 0.4) is 0 Å². The lowest BCUT2D eigenvalue weighted by Crippen LogP contribution is -1.97. The number of nitrogens with one attached hydrogen (secondary N) is 1. The predicted molar refractivity (Wildman–Crippen MR) is 99.2 cm³/mol. The second-order valence-corrected chi connectivity index (χ2v) is 7.88. The third-order valence-corrected chi connectivity index (χ3v) is 5.69. The van der Waals surface area contributed by atoms with E-state index in [1.807, 2.05) is 0 Å². The molecule has 0 unspecified atom stereocenters. The van der Waals surface area contributed by atoms with Gasteiger partial charge in [0, 0.05) is 28.9 Å². The quantitative estimate of drug-likeness (QED) is 0.456. The highest BCUT2D eigenvalue weighted by Gasteiger charge is 2.15. The Balaban J connectivity index is 1.78. The van der Waals surface area contributed by atoms with Gasteiger partial charge in [0.15, 0.2) is 0 Å². The van der Waals surface area contributed by atoms with Crippen LogP contribution in [0.2, 0.25) is 4.34 Å². The number of carbonyl (C=O) groups is 1. The number of carboxylic acid groups (broad SMARTS) is 1. The van der Waals surface area contributed by atoms with E-state index < -0.39 is 17.6 Å². The topological polar surface area (TPSA) is 69.6 Å². The number of thiophene rings is 1. The molecule has 0 radical (unpaired) electrons. The number of aromatic carboxylic acids is 1. The van der Waals surface area contributed by atoms with E-state index in [1.54, 1.807) is 6.07 Å². The molecular formula is C17H10ClF2NO3S2. The van der Waals surface area contributed by atoms with E-state index in [0.717, 1.165) is 24.1 Å². The van der Waals surface area contributed by atoms with Gasteiger partial charge < -0.3 is 14.9 Å². The van der Waals surface area contributed by atoms with Gasteiger partial charge >= 0.3 is 5.97 Å². The Morgan fingerprint density at radius 2 is 1.88 bits per heavy atom. The molecule has 0 saturated heterocycles. The molecule has 0 atom stereocenters. The summed E-state index contributed by atoms with van der Waals surface area (Å²) in [7, 11) is 0. The highest BCUT2D eigenvalue weighted by Crippen LogP contribution is 2.41. The number of hydrogen-bond acceptors (Lipinski definition) is 5. The van der Waals surface area contributed by atoms with E-state index in [0.29, 0.717) is 19.8 Å². The standard InChI is InChI=1S/C17H10ClF2NO3S2/c18-16-12(10-3-1-8(19)5-13(10)20)7-15(25-16)26-21-9-2-4-11(17(23)24)14(22)6-9/h1-7,21-22H,(H,23,24). The first-order valence-corrected chi connectivity index (χ1v) is 9.10. The largest absolute Gasteiger partial charge is 0.507 e. The lowest BCUT2D eigenvalue weighted by atomic mass is 10.1. The van der Waals surface area contributed by atoms with Crippen molar-refractivity contribution in [2.24, 2.45) is 0 Å². The molecule has 26 heavy (non-hydrogen) atoms. The summed E-state index contributed by atoms with van der Waals surface area (Å²) in [4.78, 5) is 10.9. The van der Waals surface area contributed by atoms with Crippen molar-refractivity contribution in [2.75, 3.05) is 4.72 Å². The number of carboxylic acids is 1. The smallest absolute Gasteiger partial charge is 0.339 e. The zero-order chi connectivity index (χ0) is 18.8. The molecule has 1 heterocycles. The summed E-state index contributed by atoms with van der Waals surface area (Å²) in [6, 6.07) is 9.00. The Labute approximate surface area is 160 Å². The van der Waals surface area contributed by atoms with E-state index in [-0.39, 0.29) is 16.9 Å². The van der Waals surface area contributed by atoms with Crippen molar-refractivity contribution < 1.29 is 23.8 Å². The van der Waals surface area contributed by atoms with E-state index in [4.69, 9.17) is 16.7 Å². The molecule has 4 nitrogen and oxygen atoms in total. The van der Waals surface area contributed by atoms with Gasteiger partial charge in [-0.1, -0.05) is 11.6 Å². The van der Waals surface area contributed by atoms with E-state index in [1.165, 1.54) is 35.6 Å². The van der Waals surface area contributed by atoms with Crippen molar-refractivity contribution in [3.05, 3.63) is 64.0 Å². The van der Waals surface area contributed by atoms with Gasteiger partial charge in [0.25, 0.3) is 0 Å². The Morgan fingerprint density at radius 1 is 1.12 bits per heavy atom. The number of hydrogen-bond donors (Lipinski definition) is 3. The lowest BCUT2D eigenvalue weighted by molar-refractivity contribution is 0.0694. The Bertz CT molecular complexity index is 994. The van der Waals surface area contributed by atoms with Crippen LogP contribution in [0.15, 0.2) is 46.7 Å². The van der Waals surface area contributed by atoms with Crippen molar-refractivity contribution in [1.82, 2.24) is 0 Å². The molecule has 0 fully saturated rings. The molecule has 1 aromatic heterocycles. The first-order chi connectivity index (χ1) is 12.3. The number of phenols is 1. The van der Waals surface area contributed by atoms with Crippen LogP contribution in [0.1, 0.15) is 10.4 Å². The van der Waals surface area contributed by atoms with Gasteiger partial charge in [-0.2, -0.15) is 0 Å². The average molecular weight is 414 g/mol. The fourth-order valence-electron chi connectivity index (χ4n) is 2.17. The van der Waals surface area contributed by atoms with Gasteiger partial charge in [0.05, 0.1) is 4.21 Å². The fourth-order valence-corrected chi connectivity index (χ4v) is 4.41.